The molecule has 94 valence electrons. The Morgan fingerprint density at radius 1 is 1.17 bits per heavy atom. The van der Waals surface area contributed by atoms with E-state index < -0.39 is 5.97 Å². The van der Waals surface area contributed by atoms with Crippen LogP contribution in [0.15, 0.2) is 18.2 Å². The molecule has 1 heterocycles. The van der Waals surface area contributed by atoms with Gasteiger partial charge in [-0.1, -0.05) is 6.07 Å². The van der Waals surface area contributed by atoms with E-state index in [0.717, 1.165) is 22.0 Å². The van der Waals surface area contributed by atoms with Crippen molar-refractivity contribution in [3.8, 4) is 5.75 Å². The fourth-order valence-corrected chi connectivity index (χ4v) is 2.03. The van der Waals surface area contributed by atoms with Crippen molar-refractivity contribution in [2.75, 3.05) is 14.2 Å². The smallest absolute Gasteiger partial charge is 0.356 e. The van der Waals surface area contributed by atoms with E-state index in [2.05, 4.69) is 4.98 Å². The van der Waals surface area contributed by atoms with E-state index in [4.69, 9.17) is 9.47 Å². The highest BCUT2D eigenvalue weighted by atomic mass is 16.5. The first-order valence-electron chi connectivity index (χ1n) is 5.61. The van der Waals surface area contributed by atoms with Crippen LogP contribution in [0.2, 0.25) is 0 Å². The van der Waals surface area contributed by atoms with Gasteiger partial charge in [-0.05, 0) is 31.0 Å². The first-order chi connectivity index (χ1) is 8.56. The molecule has 18 heavy (non-hydrogen) atoms. The maximum atomic E-state index is 11.6. The molecule has 0 radical (unpaired) electrons. The van der Waals surface area contributed by atoms with Crippen LogP contribution in [-0.2, 0) is 4.74 Å². The number of benzene rings is 1. The Balaban J connectivity index is 2.79. The zero-order chi connectivity index (χ0) is 13.3. The summed E-state index contributed by atoms with van der Waals surface area (Å²) < 4.78 is 10.0. The zero-order valence-electron chi connectivity index (χ0n) is 10.9. The number of carbonyl (C=O) groups is 1. The number of rotatable bonds is 2. The normalized spacial score (nSPS) is 10.4. The van der Waals surface area contributed by atoms with Crippen LogP contribution in [0.4, 0.5) is 0 Å². The van der Waals surface area contributed by atoms with Crippen LogP contribution in [0, 0.1) is 13.8 Å². The van der Waals surface area contributed by atoms with Gasteiger partial charge >= 0.3 is 5.97 Å². The number of methoxy groups -OCH3 is 2. The third-order valence-corrected chi connectivity index (χ3v) is 2.82. The van der Waals surface area contributed by atoms with Crippen molar-refractivity contribution in [1.29, 1.82) is 0 Å². The molecule has 0 atom stereocenters. The largest absolute Gasteiger partial charge is 0.496 e. The van der Waals surface area contributed by atoms with Gasteiger partial charge in [-0.15, -0.1) is 0 Å². The zero-order valence-corrected chi connectivity index (χ0v) is 10.9. The second-order valence-electron chi connectivity index (χ2n) is 4.18. The number of hydrogen-bond donors (Lipinski definition) is 0. The van der Waals surface area contributed by atoms with Gasteiger partial charge in [0.05, 0.1) is 19.7 Å². The average molecular weight is 245 g/mol. The van der Waals surface area contributed by atoms with Crippen molar-refractivity contribution in [2.45, 2.75) is 13.8 Å². The van der Waals surface area contributed by atoms with Crippen molar-refractivity contribution in [2.24, 2.45) is 0 Å². The number of carbonyl (C=O) groups excluding carboxylic acids is 1. The molecule has 2 aromatic rings. The fraction of sp³-hybridized carbons (Fsp3) is 0.286. The quantitative estimate of drug-likeness (QED) is 0.763. The Morgan fingerprint density at radius 2 is 1.89 bits per heavy atom. The van der Waals surface area contributed by atoms with Gasteiger partial charge < -0.3 is 9.47 Å². The molecule has 0 aliphatic carbocycles. The number of nitrogens with zero attached hydrogens (tertiary/aromatic N) is 1. The Morgan fingerprint density at radius 3 is 2.50 bits per heavy atom. The lowest BCUT2D eigenvalue weighted by Crippen LogP contribution is -2.05. The molecule has 0 fully saturated rings. The molecule has 2 rings (SSSR count). The first kappa shape index (κ1) is 12.4. The molecule has 0 aliphatic heterocycles. The molecule has 0 saturated carbocycles. The maximum absolute atomic E-state index is 11.6. The second-order valence-corrected chi connectivity index (χ2v) is 4.18. The number of aryl methyl sites for hydroxylation is 2. The highest BCUT2D eigenvalue weighted by molar-refractivity contribution is 5.95. The molecule has 1 aromatic carbocycles. The van der Waals surface area contributed by atoms with Gasteiger partial charge in [-0.25, -0.2) is 9.78 Å². The standard InChI is InChI=1S/C14H15NO3/c1-8-5-9(2)13-10(6-8)12(17-3)7-11(15-13)14(16)18-4/h5-7H,1-4H3. The summed E-state index contributed by atoms with van der Waals surface area (Å²) in [6.45, 7) is 3.98. The molecule has 0 saturated heterocycles. The van der Waals surface area contributed by atoms with Crippen LogP contribution in [0.25, 0.3) is 10.9 Å². The van der Waals surface area contributed by atoms with Crippen LogP contribution in [0.3, 0.4) is 0 Å². The molecule has 4 nitrogen and oxygen atoms in total. The predicted octanol–water partition coefficient (Wildman–Crippen LogP) is 2.65. The highest BCUT2D eigenvalue weighted by Gasteiger charge is 2.14. The molecule has 0 amide bonds. The lowest BCUT2D eigenvalue weighted by atomic mass is 10.1. The van der Waals surface area contributed by atoms with Gasteiger partial charge in [-0.3, -0.25) is 0 Å². The minimum absolute atomic E-state index is 0.258. The van der Waals surface area contributed by atoms with E-state index in [0.29, 0.717) is 5.75 Å². The molecule has 0 spiro atoms. The molecule has 0 aliphatic rings. The summed E-state index contributed by atoms with van der Waals surface area (Å²) in [5, 5.41) is 0.905. The molecule has 0 bridgehead atoms. The molecule has 4 heteroatoms. The van der Waals surface area contributed by atoms with Gasteiger partial charge in [0.25, 0.3) is 0 Å². The number of esters is 1. The summed E-state index contributed by atoms with van der Waals surface area (Å²) in [7, 11) is 2.91. The Labute approximate surface area is 106 Å². The van der Waals surface area contributed by atoms with Crippen molar-refractivity contribution in [3.05, 3.63) is 35.0 Å². The molecular weight excluding hydrogens is 230 g/mol. The maximum Gasteiger partial charge on any atom is 0.356 e. The van der Waals surface area contributed by atoms with Crippen molar-refractivity contribution < 1.29 is 14.3 Å². The Kier molecular flexibility index (Phi) is 3.19. The Hall–Kier alpha value is -2.10. The van der Waals surface area contributed by atoms with Crippen LogP contribution >= 0.6 is 0 Å². The third kappa shape index (κ3) is 2.01. The van der Waals surface area contributed by atoms with Gasteiger partial charge in [0.1, 0.15) is 5.75 Å². The van der Waals surface area contributed by atoms with Crippen molar-refractivity contribution >= 4 is 16.9 Å². The highest BCUT2D eigenvalue weighted by Crippen LogP contribution is 2.28. The van der Waals surface area contributed by atoms with E-state index in [1.807, 2.05) is 26.0 Å². The predicted molar refractivity (Wildman–Crippen MR) is 69.1 cm³/mol. The fourth-order valence-electron chi connectivity index (χ4n) is 2.03. The molecular formula is C14H15NO3. The summed E-state index contributed by atoms with van der Waals surface area (Å²) in [4.78, 5) is 15.9. The van der Waals surface area contributed by atoms with Crippen molar-refractivity contribution in [1.82, 2.24) is 4.98 Å². The van der Waals surface area contributed by atoms with E-state index >= 15 is 0 Å². The van der Waals surface area contributed by atoms with Gasteiger partial charge in [0.15, 0.2) is 5.69 Å². The third-order valence-electron chi connectivity index (χ3n) is 2.82. The number of pyridine rings is 1. The molecule has 0 N–H and O–H groups in total. The number of fused-ring (bicyclic) bond motifs is 1. The Bertz CT molecular complexity index is 620. The summed E-state index contributed by atoms with van der Waals surface area (Å²) in [5.74, 6) is 0.169. The van der Waals surface area contributed by atoms with Gasteiger partial charge in [0.2, 0.25) is 0 Å². The van der Waals surface area contributed by atoms with Crippen LogP contribution in [0.1, 0.15) is 21.6 Å². The van der Waals surface area contributed by atoms with Gasteiger partial charge in [-0.2, -0.15) is 0 Å². The number of hydrogen-bond acceptors (Lipinski definition) is 4. The van der Waals surface area contributed by atoms with E-state index in [1.54, 1.807) is 13.2 Å². The topological polar surface area (TPSA) is 48.4 Å². The monoisotopic (exact) mass is 245 g/mol. The minimum atomic E-state index is -0.463. The van der Waals surface area contributed by atoms with E-state index in [9.17, 15) is 4.79 Å². The van der Waals surface area contributed by atoms with E-state index in [1.165, 1.54) is 7.11 Å². The average Bonchev–Trinajstić information content (AvgIpc) is 2.36. The lowest BCUT2D eigenvalue weighted by molar-refractivity contribution is 0.0594. The van der Waals surface area contributed by atoms with Crippen LogP contribution in [0.5, 0.6) is 5.75 Å². The summed E-state index contributed by atoms with van der Waals surface area (Å²) in [6, 6.07) is 5.62. The van der Waals surface area contributed by atoms with Crippen LogP contribution in [-0.4, -0.2) is 25.2 Å². The lowest BCUT2D eigenvalue weighted by Gasteiger charge is -2.10. The summed E-state index contributed by atoms with van der Waals surface area (Å²) >= 11 is 0. The summed E-state index contributed by atoms with van der Waals surface area (Å²) in [6.07, 6.45) is 0. The number of ether oxygens (including phenoxy) is 2. The first-order valence-corrected chi connectivity index (χ1v) is 5.61. The van der Waals surface area contributed by atoms with E-state index in [-0.39, 0.29) is 5.69 Å². The van der Waals surface area contributed by atoms with Crippen LogP contribution < -0.4 is 4.74 Å². The summed E-state index contributed by atoms with van der Waals surface area (Å²) in [5.41, 5.74) is 3.16. The number of aromatic nitrogens is 1. The molecule has 1 aromatic heterocycles. The SMILES string of the molecule is COC(=O)c1cc(OC)c2cc(C)cc(C)c2n1. The van der Waals surface area contributed by atoms with Gasteiger partial charge in [0, 0.05) is 11.5 Å². The second kappa shape index (κ2) is 4.64. The van der Waals surface area contributed by atoms with Crippen molar-refractivity contribution in [3.63, 3.8) is 0 Å². The molecule has 0 unspecified atom stereocenters. The minimum Gasteiger partial charge on any atom is -0.496 e.